The van der Waals surface area contributed by atoms with Gasteiger partial charge in [0, 0.05) is 6.04 Å². The minimum absolute atomic E-state index is 0.246. The molecule has 0 aromatic carbocycles. The summed E-state index contributed by atoms with van der Waals surface area (Å²) < 4.78 is 0. The molecular weight excluding hydrogens is 158 g/mol. The van der Waals surface area contributed by atoms with Crippen LogP contribution in [0.4, 0.5) is 0 Å². The molecule has 70 valence electrons. The highest BCUT2D eigenvalue weighted by molar-refractivity contribution is 5.71. The number of hydrogen-bond donors (Lipinski definition) is 2. The molecule has 1 saturated heterocycles. The predicted octanol–water partition coefficient (Wildman–Crippen LogP) is -0.0838. The maximum Gasteiger partial charge on any atom is 0.332 e. The van der Waals surface area contributed by atoms with Gasteiger partial charge in [-0.1, -0.05) is 0 Å². The third-order valence-corrected chi connectivity index (χ3v) is 2.45. The predicted molar refractivity (Wildman–Crippen MR) is 43.9 cm³/mol. The Bertz CT molecular complexity index is 172. The minimum Gasteiger partial charge on any atom is -0.479 e. The van der Waals surface area contributed by atoms with Gasteiger partial charge in [-0.15, -0.1) is 0 Å². The molecule has 2 unspecified atom stereocenters. The number of hydrogen-bond acceptors (Lipinski definition) is 3. The van der Waals surface area contributed by atoms with Gasteiger partial charge in [-0.2, -0.15) is 0 Å². The van der Waals surface area contributed by atoms with E-state index in [0.717, 1.165) is 19.4 Å². The number of likely N-dealkylation sites (tertiary alicyclic amines) is 1. The molecule has 2 atom stereocenters. The Hall–Kier alpha value is -0.610. The molecular formula is C8H15NO3. The second-order valence-corrected chi connectivity index (χ2v) is 3.37. The van der Waals surface area contributed by atoms with Crippen LogP contribution in [0, 0.1) is 0 Å². The average molecular weight is 173 g/mol. The van der Waals surface area contributed by atoms with Crippen molar-refractivity contribution in [3.05, 3.63) is 0 Å². The van der Waals surface area contributed by atoms with Gasteiger partial charge in [-0.3, -0.25) is 0 Å². The first kappa shape index (κ1) is 9.48. The Morgan fingerprint density at radius 1 is 1.75 bits per heavy atom. The number of carboxylic acids is 1. The third-order valence-electron chi connectivity index (χ3n) is 2.45. The molecule has 1 aliphatic rings. The lowest BCUT2D eigenvalue weighted by Gasteiger charge is -2.20. The van der Waals surface area contributed by atoms with Gasteiger partial charge in [0.25, 0.3) is 0 Å². The van der Waals surface area contributed by atoms with Gasteiger partial charge >= 0.3 is 5.97 Å². The zero-order valence-corrected chi connectivity index (χ0v) is 7.23. The number of aliphatic hydroxyl groups is 1. The summed E-state index contributed by atoms with van der Waals surface area (Å²) in [6, 6.07) is 0.246. The first-order valence-corrected chi connectivity index (χ1v) is 4.22. The molecule has 0 radical (unpaired) electrons. The number of aliphatic hydroxyl groups excluding tert-OH is 1. The van der Waals surface area contributed by atoms with Crippen LogP contribution in [0.5, 0.6) is 0 Å². The fraction of sp³-hybridized carbons (Fsp3) is 0.875. The highest BCUT2D eigenvalue weighted by Gasteiger charge is 2.26. The van der Waals surface area contributed by atoms with E-state index in [1.807, 2.05) is 7.05 Å². The number of carbonyl (C=O) groups is 1. The van der Waals surface area contributed by atoms with E-state index in [1.54, 1.807) is 0 Å². The van der Waals surface area contributed by atoms with Gasteiger partial charge in [0.05, 0.1) is 0 Å². The molecule has 4 nitrogen and oxygen atoms in total. The van der Waals surface area contributed by atoms with E-state index in [4.69, 9.17) is 10.2 Å². The van der Waals surface area contributed by atoms with Crippen molar-refractivity contribution in [3.63, 3.8) is 0 Å². The Balaban J connectivity index is 2.35. The maximum absolute atomic E-state index is 10.3. The van der Waals surface area contributed by atoms with Crippen molar-refractivity contribution in [1.29, 1.82) is 0 Å². The molecule has 0 spiro atoms. The van der Waals surface area contributed by atoms with Crippen molar-refractivity contribution >= 4 is 5.97 Å². The molecule has 0 bridgehead atoms. The SMILES string of the molecule is CN1CCCC1CC(O)C(=O)O. The van der Waals surface area contributed by atoms with E-state index in [1.165, 1.54) is 0 Å². The Morgan fingerprint density at radius 3 is 2.83 bits per heavy atom. The van der Waals surface area contributed by atoms with Crippen LogP contribution in [-0.2, 0) is 4.79 Å². The average Bonchev–Trinajstić information content (AvgIpc) is 2.36. The summed E-state index contributed by atoms with van der Waals surface area (Å²) in [6.07, 6.45) is 1.26. The molecule has 4 heteroatoms. The van der Waals surface area contributed by atoms with E-state index in [2.05, 4.69) is 4.90 Å². The summed E-state index contributed by atoms with van der Waals surface area (Å²) in [6.45, 7) is 1.01. The second kappa shape index (κ2) is 3.87. The molecule has 0 aromatic heterocycles. The van der Waals surface area contributed by atoms with Crippen LogP contribution in [0.2, 0.25) is 0 Å². The van der Waals surface area contributed by atoms with E-state index >= 15 is 0 Å². The van der Waals surface area contributed by atoms with Crippen molar-refractivity contribution in [2.75, 3.05) is 13.6 Å². The van der Waals surface area contributed by atoms with Crippen LogP contribution in [-0.4, -0.2) is 46.8 Å². The quantitative estimate of drug-likeness (QED) is 0.626. The second-order valence-electron chi connectivity index (χ2n) is 3.37. The summed E-state index contributed by atoms with van der Waals surface area (Å²) in [7, 11) is 1.96. The first-order chi connectivity index (χ1) is 5.61. The highest BCUT2D eigenvalue weighted by atomic mass is 16.4. The zero-order valence-electron chi connectivity index (χ0n) is 7.23. The smallest absolute Gasteiger partial charge is 0.332 e. The molecule has 2 N–H and O–H groups in total. The summed E-state index contributed by atoms with van der Waals surface area (Å²) in [5, 5.41) is 17.5. The Kier molecular flexibility index (Phi) is 3.05. The fourth-order valence-corrected chi connectivity index (χ4v) is 1.64. The van der Waals surface area contributed by atoms with Crippen LogP contribution in [0.15, 0.2) is 0 Å². The molecule has 1 aliphatic heterocycles. The summed E-state index contributed by atoms with van der Waals surface area (Å²) in [5.41, 5.74) is 0. The van der Waals surface area contributed by atoms with Crippen molar-refractivity contribution < 1.29 is 15.0 Å². The number of carboxylic acid groups (broad SMARTS) is 1. The van der Waals surface area contributed by atoms with Gasteiger partial charge in [-0.05, 0) is 32.9 Å². The molecule has 0 aliphatic carbocycles. The minimum atomic E-state index is -1.20. The Labute approximate surface area is 71.8 Å². The van der Waals surface area contributed by atoms with Crippen LogP contribution >= 0.6 is 0 Å². The standard InChI is InChI=1S/C8H15NO3/c1-9-4-2-3-6(9)5-7(10)8(11)12/h6-7,10H,2-5H2,1H3,(H,11,12). The van der Waals surface area contributed by atoms with Crippen molar-refractivity contribution in [2.24, 2.45) is 0 Å². The van der Waals surface area contributed by atoms with E-state index in [0.29, 0.717) is 6.42 Å². The van der Waals surface area contributed by atoms with Crippen LogP contribution in [0.3, 0.4) is 0 Å². The van der Waals surface area contributed by atoms with E-state index < -0.39 is 12.1 Å². The van der Waals surface area contributed by atoms with Crippen LogP contribution < -0.4 is 0 Å². The number of nitrogens with zero attached hydrogens (tertiary/aromatic N) is 1. The summed E-state index contributed by atoms with van der Waals surface area (Å²) in [4.78, 5) is 12.4. The van der Waals surface area contributed by atoms with Gasteiger partial charge < -0.3 is 15.1 Å². The van der Waals surface area contributed by atoms with Gasteiger partial charge in [-0.25, -0.2) is 4.79 Å². The normalized spacial score (nSPS) is 27.3. The molecule has 1 rings (SSSR count). The third kappa shape index (κ3) is 2.19. The van der Waals surface area contributed by atoms with Crippen molar-refractivity contribution in [1.82, 2.24) is 4.90 Å². The lowest BCUT2D eigenvalue weighted by atomic mass is 10.1. The van der Waals surface area contributed by atoms with Gasteiger partial charge in [0.2, 0.25) is 0 Å². The number of rotatable bonds is 3. The first-order valence-electron chi connectivity index (χ1n) is 4.22. The maximum atomic E-state index is 10.3. The van der Waals surface area contributed by atoms with Gasteiger partial charge in [0.15, 0.2) is 6.10 Å². The monoisotopic (exact) mass is 173 g/mol. The fourth-order valence-electron chi connectivity index (χ4n) is 1.64. The topological polar surface area (TPSA) is 60.8 Å². The molecule has 0 aromatic rings. The summed E-state index contributed by atoms with van der Waals surface area (Å²) >= 11 is 0. The highest BCUT2D eigenvalue weighted by Crippen LogP contribution is 2.19. The van der Waals surface area contributed by atoms with Crippen LogP contribution in [0.1, 0.15) is 19.3 Å². The van der Waals surface area contributed by atoms with Crippen molar-refractivity contribution in [3.8, 4) is 0 Å². The number of aliphatic carboxylic acids is 1. The lowest BCUT2D eigenvalue weighted by molar-refractivity contribution is -0.147. The van der Waals surface area contributed by atoms with Crippen molar-refractivity contribution in [2.45, 2.75) is 31.4 Å². The lowest BCUT2D eigenvalue weighted by Crippen LogP contribution is -2.32. The van der Waals surface area contributed by atoms with Crippen LogP contribution in [0.25, 0.3) is 0 Å². The largest absolute Gasteiger partial charge is 0.479 e. The molecule has 12 heavy (non-hydrogen) atoms. The van der Waals surface area contributed by atoms with E-state index in [9.17, 15) is 4.79 Å². The molecule has 1 fully saturated rings. The summed E-state index contributed by atoms with van der Waals surface area (Å²) in [5.74, 6) is -1.12. The molecule has 0 amide bonds. The Morgan fingerprint density at radius 2 is 2.42 bits per heavy atom. The molecule has 1 heterocycles. The molecule has 0 saturated carbocycles. The van der Waals surface area contributed by atoms with Gasteiger partial charge in [0.1, 0.15) is 0 Å². The zero-order chi connectivity index (χ0) is 9.14. The van der Waals surface area contributed by atoms with E-state index in [-0.39, 0.29) is 6.04 Å².